The standard InChI is InChI=1S/C20H14FN3O2S/c21-15-10-8-13(9-11-15)17(22-18(25)16-7-4-12-27-16)20-24-23-19(26-20)14-5-2-1-3-6-14/h1-12,17H,(H,22,25)/t17-/m0/s1. The van der Waals surface area contributed by atoms with Gasteiger partial charge in [-0.15, -0.1) is 21.5 Å². The highest BCUT2D eigenvalue weighted by molar-refractivity contribution is 7.12. The van der Waals surface area contributed by atoms with Crippen molar-refractivity contribution in [1.82, 2.24) is 15.5 Å². The number of aromatic nitrogens is 2. The van der Waals surface area contributed by atoms with Crippen LogP contribution in [-0.4, -0.2) is 16.1 Å². The number of rotatable bonds is 5. The zero-order valence-corrected chi connectivity index (χ0v) is 14.8. The van der Waals surface area contributed by atoms with Crippen molar-refractivity contribution in [3.05, 3.63) is 94.3 Å². The first-order chi connectivity index (χ1) is 13.2. The predicted molar refractivity (Wildman–Crippen MR) is 99.8 cm³/mol. The highest BCUT2D eigenvalue weighted by Crippen LogP contribution is 2.26. The summed E-state index contributed by atoms with van der Waals surface area (Å²) in [7, 11) is 0. The molecule has 0 bridgehead atoms. The SMILES string of the molecule is O=C(N[C@@H](c1ccc(F)cc1)c1nnc(-c2ccccc2)o1)c1cccs1. The fraction of sp³-hybridized carbons (Fsp3) is 0.0500. The number of carbonyl (C=O) groups is 1. The normalized spacial score (nSPS) is 11.9. The molecule has 0 radical (unpaired) electrons. The van der Waals surface area contributed by atoms with Crippen LogP contribution in [0.15, 0.2) is 76.5 Å². The summed E-state index contributed by atoms with van der Waals surface area (Å²) in [6, 6.07) is 18.0. The Kier molecular flexibility index (Phi) is 4.76. The molecule has 2 aromatic heterocycles. The second-order valence-electron chi connectivity index (χ2n) is 5.75. The third-order valence-electron chi connectivity index (χ3n) is 3.93. The molecular weight excluding hydrogens is 365 g/mol. The minimum atomic E-state index is -0.690. The topological polar surface area (TPSA) is 68.0 Å². The van der Waals surface area contributed by atoms with Crippen molar-refractivity contribution in [2.45, 2.75) is 6.04 Å². The first kappa shape index (κ1) is 17.1. The minimum Gasteiger partial charge on any atom is -0.418 e. The Balaban J connectivity index is 1.68. The van der Waals surface area contributed by atoms with Gasteiger partial charge in [-0.2, -0.15) is 0 Å². The molecule has 0 spiro atoms. The first-order valence-electron chi connectivity index (χ1n) is 8.19. The van der Waals surface area contributed by atoms with Gasteiger partial charge in [0.2, 0.25) is 11.8 Å². The van der Waals surface area contributed by atoms with Crippen LogP contribution in [-0.2, 0) is 0 Å². The van der Waals surface area contributed by atoms with Crippen LogP contribution in [0.5, 0.6) is 0 Å². The van der Waals surface area contributed by atoms with E-state index in [1.54, 1.807) is 24.3 Å². The maximum absolute atomic E-state index is 13.3. The lowest BCUT2D eigenvalue weighted by atomic mass is 10.1. The summed E-state index contributed by atoms with van der Waals surface area (Å²) in [4.78, 5) is 13.1. The van der Waals surface area contributed by atoms with Crippen molar-refractivity contribution >= 4 is 17.2 Å². The van der Waals surface area contributed by atoms with Crippen LogP contribution in [0.2, 0.25) is 0 Å². The van der Waals surface area contributed by atoms with E-state index in [0.717, 1.165) is 5.56 Å². The summed E-state index contributed by atoms with van der Waals surface area (Å²) < 4.78 is 19.1. The molecule has 0 fully saturated rings. The second-order valence-corrected chi connectivity index (χ2v) is 6.69. The van der Waals surface area contributed by atoms with Gasteiger partial charge in [-0.1, -0.05) is 36.4 Å². The van der Waals surface area contributed by atoms with Gasteiger partial charge in [-0.3, -0.25) is 4.79 Å². The van der Waals surface area contributed by atoms with E-state index in [-0.39, 0.29) is 17.6 Å². The van der Waals surface area contributed by atoms with E-state index in [2.05, 4.69) is 15.5 Å². The Morgan fingerprint density at radius 1 is 1.00 bits per heavy atom. The summed E-state index contributed by atoms with van der Waals surface area (Å²) >= 11 is 1.33. The number of hydrogen-bond donors (Lipinski definition) is 1. The van der Waals surface area contributed by atoms with Crippen LogP contribution < -0.4 is 5.32 Å². The van der Waals surface area contributed by atoms with Gasteiger partial charge in [-0.25, -0.2) is 4.39 Å². The van der Waals surface area contributed by atoms with Gasteiger partial charge < -0.3 is 9.73 Å². The molecule has 1 N–H and O–H groups in total. The van der Waals surface area contributed by atoms with E-state index >= 15 is 0 Å². The molecule has 4 rings (SSSR count). The van der Waals surface area contributed by atoms with Crippen molar-refractivity contribution < 1.29 is 13.6 Å². The number of benzene rings is 2. The summed E-state index contributed by atoms with van der Waals surface area (Å²) in [5, 5.41) is 12.9. The zero-order valence-electron chi connectivity index (χ0n) is 14.0. The lowest BCUT2D eigenvalue weighted by Crippen LogP contribution is -2.29. The minimum absolute atomic E-state index is 0.227. The number of nitrogens with zero attached hydrogens (tertiary/aromatic N) is 2. The van der Waals surface area contributed by atoms with E-state index in [1.165, 1.54) is 23.5 Å². The van der Waals surface area contributed by atoms with Gasteiger partial charge in [0.15, 0.2) is 0 Å². The van der Waals surface area contributed by atoms with E-state index in [0.29, 0.717) is 16.3 Å². The molecule has 0 aliphatic rings. The maximum atomic E-state index is 13.3. The molecule has 1 atom stereocenters. The molecule has 134 valence electrons. The van der Waals surface area contributed by atoms with E-state index in [9.17, 15) is 9.18 Å². The van der Waals surface area contributed by atoms with Gasteiger partial charge in [0.25, 0.3) is 5.91 Å². The van der Waals surface area contributed by atoms with Gasteiger partial charge in [0.1, 0.15) is 11.9 Å². The fourth-order valence-corrected chi connectivity index (χ4v) is 3.23. The second kappa shape index (κ2) is 7.51. The van der Waals surface area contributed by atoms with Crippen LogP contribution in [0.25, 0.3) is 11.5 Å². The fourth-order valence-electron chi connectivity index (χ4n) is 2.60. The van der Waals surface area contributed by atoms with Gasteiger partial charge in [0, 0.05) is 5.56 Å². The molecule has 0 aliphatic carbocycles. The van der Waals surface area contributed by atoms with Crippen LogP contribution >= 0.6 is 11.3 Å². The average Bonchev–Trinajstić information content (AvgIpc) is 3.40. The number of carbonyl (C=O) groups excluding carboxylic acids is 1. The smallest absolute Gasteiger partial charge is 0.262 e. The van der Waals surface area contributed by atoms with E-state index in [1.807, 2.05) is 35.7 Å². The largest absolute Gasteiger partial charge is 0.418 e. The Labute approximate surface area is 158 Å². The Bertz CT molecular complexity index is 1030. The average molecular weight is 379 g/mol. The molecule has 27 heavy (non-hydrogen) atoms. The lowest BCUT2D eigenvalue weighted by molar-refractivity contribution is 0.0942. The van der Waals surface area contributed by atoms with Crippen LogP contribution in [0.4, 0.5) is 4.39 Å². The third kappa shape index (κ3) is 3.78. The number of nitrogens with one attached hydrogen (secondary N) is 1. The molecule has 0 unspecified atom stereocenters. The first-order valence-corrected chi connectivity index (χ1v) is 9.07. The van der Waals surface area contributed by atoms with Crippen molar-refractivity contribution in [2.75, 3.05) is 0 Å². The van der Waals surface area contributed by atoms with Gasteiger partial charge in [0.05, 0.1) is 4.88 Å². The third-order valence-corrected chi connectivity index (χ3v) is 4.80. The predicted octanol–water partition coefficient (Wildman–Crippen LogP) is 4.46. The summed E-state index contributed by atoms with van der Waals surface area (Å²) in [5.41, 5.74) is 1.42. The lowest BCUT2D eigenvalue weighted by Gasteiger charge is -2.15. The molecule has 7 heteroatoms. The van der Waals surface area contributed by atoms with Gasteiger partial charge in [-0.05, 0) is 41.3 Å². The zero-order chi connectivity index (χ0) is 18.6. The molecule has 0 saturated heterocycles. The molecule has 0 aliphatic heterocycles. The van der Waals surface area contributed by atoms with Crippen LogP contribution in [0, 0.1) is 5.82 Å². The Morgan fingerprint density at radius 3 is 2.48 bits per heavy atom. The highest BCUT2D eigenvalue weighted by atomic mass is 32.1. The highest BCUT2D eigenvalue weighted by Gasteiger charge is 2.24. The van der Waals surface area contributed by atoms with Crippen molar-refractivity contribution in [3.8, 4) is 11.5 Å². The molecule has 5 nitrogen and oxygen atoms in total. The summed E-state index contributed by atoms with van der Waals surface area (Å²) in [6.45, 7) is 0. The maximum Gasteiger partial charge on any atom is 0.262 e. The van der Waals surface area contributed by atoms with Crippen LogP contribution in [0.1, 0.15) is 27.2 Å². The molecular formula is C20H14FN3O2S. The van der Waals surface area contributed by atoms with Crippen LogP contribution in [0.3, 0.4) is 0 Å². The quantitative estimate of drug-likeness (QED) is 0.556. The number of amides is 1. The van der Waals surface area contributed by atoms with Crippen molar-refractivity contribution in [1.29, 1.82) is 0 Å². The molecule has 2 aromatic carbocycles. The van der Waals surface area contributed by atoms with E-state index in [4.69, 9.17) is 4.42 Å². The number of thiophene rings is 1. The monoisotopic (exact) mass is 379 g/mol. The molecule has 2 heterocycles. The Hall–Kier alpha value is -3.32. The molecule has 4 aromatic rings. The molecule has 1 amide bonds. The van der Waals surface area contributed by atoms with Crippen molar-refractivity contribution in [3.63, 3.8) is 0 Å². The molecule has 0 saturated carbocycles. The number of halogens is 1. The van der Waals surface area contributed by atoms with Crippen molar-refractivity contribution in [2.24, 2.45) is 0 Å². The van der Waals surface area contributed by atoms with E-state index < -0.39 is 6.04 Å². The summed E-state index contributed by atoms with van der Waals surface area (Å²) in [6.07, 6.45) is 0. The summed E-state index contributed by atoms with van der Waals surface area (Å²) in [5.74, 6) is -0.0511. The Morgan fingerprint density at radius 2 is 1.78 bits per heavy atom. The number of hydrogen-bond acceptors (Lipinski definition) is 5. The van der Waals surface area contributed by atoms with Gasteiger partial charge >= 0.3 is 0 Å².